The van der Waals surface area contributed by atoms with Crippen LogP contribution in [-0.4, -0.2) is 32.4 Å². The van der Waals surface area contributed by atoms with Crippen molar-refractivity contribution >= 4 is 39.1 Å². The number of hydrogen-bond acceptors (Lipinski definition) is 5. The predicted molar refractivity (Wildman–Crippen MR) is 97.1 cm³/mol. The summed E-state index contributed by atoms with van der Waals surface area (Å²) in [6.07, 6.45) is 1.22. The van der Waals surface area contributed by atoms with Gasteiger partial charge >= 0.3 is 0 Å². The molecular formula is C16H23ClN2O4S. The highest BCUT2D eigenvalue weighted by Crippen LogP contribution is 2.29. The van der Waals surface area contributed by atoms with E-state index >= 15 is 0 Å². The summed E-state index contributed by atoms with van der Waals surface area (Å²) in [6.45, 7) is 3.75. The molecule has 3 N–H and O–H groups in total. The van der Waals surface area contributed by atoms with Crippen molar-refractivity contribution in [2.75, 3.05) is 12.0 Å². The van der Waals surface area contributed by atoms with Gasteiger partial charge in [0, 0.05) is 17.2 Å². The second-order valence-electron chi connectivity index (χ2n) is 5.84. The topological polar surface area (TPSA) is 102 Å². The van der Waals surface area contributed by atoms with E-state index in [9.17, 15) is 13.2 Å². The van der Waals surface area contributed by atoms with Crippen molar-refractivity contribution in [1.29, 1.82) is 0 Å². The smallest absolute Gasteiger partial charge is 0.237 e. The fourth-order valence-corrected chi connectivity index (χ4v) is 3.15. The minimum absolute atomic E-state index is 0. The standard InChI is InChI=1S/C16H22N2O4S.ClH/c1-10-12-6-4-5-7-14(12)22-15(10)11(2)18-16(19)13(17)8-9-23(3,20)21;/h4-7,11,13H,8-9,17H2,1-3H3,(H,18,19);1H. The predicted octanol–water partition coefficient (Wildman–Crippen LogP) is 2.10. The number of aryl methyl sites for hydroxylation is 1. The quantitative estimate of drug-likeness (QED) is 0.806. The second kappa shape index (κ2) is 8.00. The molecule has 8 heteroatoms. The van der Waals surface area contributed by atoms with Gasteiger partial charge in [0.05, 0.1) is 17.8 Å². The Morgan fingerprint density at radius 3 is 2.54 bits per heavy atom. The van der Waals surface area contributed by atoms with E-state index in [1.54, 1.807) is 0 Å². The van der Waals surface area contributed by atoms with Gasteiger partial charge in [0.2, 0.25) is 5.91 Å². The zero-order valence-corrected chi connectivity index (χ0v) is 15.5. The van der Waals surface area contributed by atoms with Gasteiger partial charge in [-0.3, -0.25) is 4.79 Å². The Kier molecular flexibility index (Phi) is 6.83. The monoisotopic (exact) mass is 374 g/mol. The van der Waals surface area contributed by atoms with Crippen LogP contribution in [0, 0.1) is 6.92 Å². The minimum atomic E-state index is -3.14. The van der Waals surface area contributed by atoms with Crippen molar-refractivity contribution in [3.8, 4) is 0 Å². The van der Waals surface area contributed by atoms with Crippen LogP contribution >= 0.6 is 12.4 Å². The number of hydrogen-bond donors (Lipinski definition) is 2. The molecule has 0 saturated carbocycles. The number of amides is 1. The lowest BCUT2D eigenvalue weighted by Gasteiger charge is -2.16. The third kappa shape index (κ3) is 4.96. The lowest BCUT2D eigenvalue weighted by molar-refractivity contribution is -0.123. The highest BCUT2D eigenvalue weighted by Gasteiger charge is 2.22. The highest BCUT2D eigenvalue weighted by atomic mass is 35.5. The first-order valence-electron chi connectivity index (χ1n) is 7.40. The van der Waals surface area contributed by atoms with Gasteiger partial charge in [-0.1, -0.05) is 18.2 Å². The van der Waals surface area contributed by atoms with E-state index in [2.05, 4.69) is 5.32 Å². The van der Waals surface area contributed by atoms with E-state index in [0.717, 1.165) is 22.8 Å². The molecule has 2 aromatic rings. The molecule has 2 unspecified atom stereocenters. The van der Waals surface area contributed by atoms with E-state index < -0.39 is 15.9 Å². The van der Waals surface area contributed by atoms with Gasteiger partial charge in [-0.05, 0) is 26.3 Å². The fraction of sp³-hybridized carbons (Fsp3) is 0.438. The molecule has 2 rings (SSSR count). The van der Waals surface area contributed by atoms with E-state index in [0.29, 0.717) is 5.76 Å². The summed E-state index contributed by atoms with van der Waals surface area (Å²) in [7, 11) is -3.14. The Bertz CT molecular complexity index is 817. The second-order valence-corrected chi connectivity index (χ2v) is 8.10. The number of rotatable bonds is 6. The van der Waals surface area contributed by atoms with Crippen molar-refractivity contribution < 1.29 is 17.6 Å². The number of halogens is 1. The number of furan rings is 1. The Morgan fingerprint density at radius 2 is 1.96 bits per heavy atom. The molecule has 0 saturated heterocycles. The average Bonchev–Trinajstić information content (AvgIpc) is 2.81. The van der Waals surface area contributed by atoms with Crippen LogP contribution < -0.4 is 11.1 Å². The Labute approximate surface area is 148 Å². The SMILES string of the molecule is Cc1c(C(C)NC(=O)C(N)CCS(C)(=O)=O)oc2ccccc12.Cl. The number of para-hydroxylation sites is 1. The molecule has 24 heavy (non-hydrogen) atoms. The zero-order valence-electron chi connectivity index (χ0n) is 13.9. The van der Waals surface area contributed by atoms with Gasteiger partial charge in [-0.25, -0.2) is 8.42 Å². The lowest BCUT2D eigenvalue weighted by atomic mass is 10.1. The number of fused-ring (bicyclic) bond motifs is 1. The number of benzene rings is 1. The largest absolute Gasteiger partial charge is 0.459 e. The van der Waals surface area contributed by atoms with Gasteiger partial charge in [0.25, 0.3) is 0 Å². The van der Waals surface area contributed by atoms with Crippen molar-refractivity contribution in [3.05, 3.63) is 35.6 Å². The summed E-state index contributed by atoms with van der Waals surface area (Å²) < 4.78 is 28.1. The first kappa shape index (κ1) is 20.5. The molecular weight excluding hydrogens is 352 g/mol. The first-order chi connectivity index (χ1) is 10.7. The van der Waals surface area contributed by atoms with Gasteiger partial charge < -0.3 is 15.5 Å². The highest BCUT2D eigenvalue weighted by molar-refractivity contribution is 7.90. The molecule has 2 atom stereocenters. The molecule has 134 valence electrons. The molecule has 0 aliphatic heterocycles. The summed E-state index contributed by atoms with van der Waals surface area (Å²) in [5.74, 6) is 0.176. The Morgan fingerprint density at radius 1 is 1.33 bits per heavy atom. The van der Waals surface area contributed by atoms with Crippen LogP contribution in [0.4, 0.5) is 0 Å². The molecule has 0 radical (unpaired) electrons. The average molecular weight is 375 g/mol. The van der Waals surface area contributed by atoms with Crippen LogP contribution in [-0.2, 0) is 14.6 Å². The number of carbonyl (C=O) groups is 1. The van der Waals surface area contributed by atoms with Crippen molar-refractivity contribution in [2.24, 2.45) is 5.73 Å². The van der Waals surface area contributed by atoms with Gasteiger partial charge in [-0.2, -0.15) is 0 Å². The van der Waals surface area contributed by atoms with Crippen LogP contribution in [0.15, 0.2) is 28.7 Å². The summed E-state index contributed by atoms with van der Waals surface area (Å²) in [5, 5.41) is 3.79. The Hall–Kier alpha value is -1.57. The van der Waals surface area contributed by atoms with E-state index in [4.69, 9.17) is 10.2 Å². The van der Waals surface area contributed by atoms with Gasteiger partial charge in [0.1, 0.15) is 21.2 Å². The molecule has 0 fully saturated rings. The molecule has 0 aliphatic carbocycles. The third-order valence-corrected chi connectivity index (χ3v) is 4.75. The molecule has 1 amide bonds. The van der Waals surface area contributed by atoms with E-state index in [1.807, 2.05) is 38.1 Å². The van der Waals surface area contributed by atoms with Crippen LogP contribution in [0.2, 0.25) is 0 Å². The normalized spacial score (nSPS) is 14.0. The molecule has 1 heterocycles. The maximum Gasteiger partial charge on any atom is 0.237 e. The number of sulfone groups is 1. The van der Waals surface area contributed by atoms with Crippen LogP contribution in [0.25, 0.3) is 11.0 Å². The Balaban J connectivity index is 0.00000288. The van der Waals surface area contributed by atoms with Gasteiger partial charge in [-0.15, -0.1) is 12.4 Å². The summed E-state index contributed by atoms with van der Waals surface area (Å²) in [6, 6.07) is 6.44. The molecule has 0 aliphatic rings. The number of carbonyl (C=O) groups excluding carboxylic acids is 1. The first-order valence-corrected chi connectivity index (χ1v) is 9.47. The zero-order chi connectivity index (χ0) is 17.2. The van der Waals surface area contributed by atoms with Crippen molar-refractivity contribution in [1.82, 2.24) is 5.32 Å². The fourth-order valence-electron chi connectivity index (χ4n) is 2.46. The van der Waals surface area contributed by atoms with Crippen LogP contribution in [0.3, 0.4) is 0 Å². The summed E-state index contributed by atoms with van der Waals surface area (Å²) in [5.41, 5.74) is 7.49. The molecule has 1 aromatic heterocycles. The summed E-state index contributed by atoms with van der Waals surface area (Å²) >= 11 is 0. The third-order valence-electron chi connectivity index (χ3n) is 3.77. The summed E-state index contributed by atoms with van der Waals surface area (Å²) in [4.78, 5) is 12.1. The molecule has 0 spiro atoms. The minimum Gasteiger partial charge on any atom is -0.459 e. The van der Waals surface area contributed by atoms with Crippen LogP contribution in [0.5, 0.6) is 0 Å². The van der Waals surface area contributed by atoms with E-state index in [-0.39, 0.29) is 36.5 Å². The maximum absolute atomic E-state index is 12.1. The number of nitrogens with two attached hydrogens (primary N) is 1. The molecule has 6 nitrogen and oxygen atoms in total. The lowest BCUT2D eigenvalue weighted by Crippen LogP contribution is -2.42. The van der Waals surface area contributed by atoms with E-state index in [1.165, 1.54) is 0 Å². The van der Waals surface area contributed by atoms with Crippen LogP contribution in [0.1, 0.15) is 30.7 Å². The van der Waals surface area contributed by atoms with Gasteiger partial charge in [0.15, 0.2) is 0 Å². The number of nitrogens with one attached hydrogen (secondary N) is 1. The maximum atomic E-state index is 12.1. The van der Waals surface area contributed by atoms with Crippen molar-refractivity contribution in [2.45, 2.75) is 32.4 Å². The van der Waals surface area contributed by atoms with Crippen molar-refractivity contribution in [3.63, 3.8) is 0 Å². The molecule has 1 aromatic carbocycles. The molecule has 0 bridgehead atoms.